The van der Waals surface area contributed by atoms with Crippen LogP contribution in [0.3, 0.4) is 0 Å². The van der Waals surface area contributed by atoms with Crippen LogP contribution in [0, 0.1) is 20.8 Å². The topological polar surface area (TPSA) is 57.5 Å². The van der Waals surface area contributed by atoms with E-state index in [1.807, 2.05) is 14.0 Å². The van der Waals surface area contributed by atoms with Gasteiger partial charge in [-0.3, -0.25) is 14.6 Å². The highest BCUT2D eigenvalue weighted by Gasteiger charge is 2.23. The SMILES string of the molecule is CN=C(NCCCn1nc(C)cc1C)NCC(c1ccc(C)cc1)N1CCCC1.I. The number of rotatable bonds is 8. The molecule has 0 spiro atoms. The van der Waals surface area contributed by atoms with Gasteiger partial charge in [-0.1, -0.05) is 29.8 Å². The van der Waals surface area contributed by atoms with E-state index in [1.54, 1.807) is 0 Å². The van der Waals surface area contributed by atoms with Gasteiger partial charge in [0, 0.05) is 32.4 Å². The molecule has 0 aliphatic carbocycles. The van der Waals surface area contributed by atoms with Gasteiger partial charge in [0.2, 0.25) is 0 Å². The van der Waals surface area contributed by atoms with E-state index in [-0.39, 0.29) is 24.0 Å². The van der Waals surface area contributed by atoms with Gasteiger partial charge in [-0.05, 0) is 64.8 Å². The molecule has 1 unspecified atom stereocenters. The summed E-state index contributed by atoms with van der Waals surface area (Å²) in [6.07, 6.45) is 3.60. The third kappa shape index (κ3) is 6.97. The van der Waals surface area contributed by atoms with Crippen molar-refractivity contribution >= 4 is 29.9 Å². The molecule has 1 aromatic carbocycles. The molecule has 0 bridgehead atoms. The highest BCUT2D eigenvalue weighted by Crippen LogP contribution is 2.24. The lowest BCUT2D eigenvalue weighted by atomic mass is 10.0. The van der Waals surface area contributed by atoms with Gasteiger partial charge >= 0.3 is 0 Å². The van der Waals surface area contributed by atoms with Crippen LogP contribution in [0.15, 0.2) is 35.3 Å². The number of halogens is 1. The molecule has 2 aromatic rings. The molecule has 1 aliphatic heterocycles. The van der Waals surface area contributed by atoms with E-state index in [1.165, 1.54) is 42.8 Å². The summed E-state index contributed by atoms with van der Waals surface area (Å²) in [4.78, 5) is 7.01. The minimum Gasteiger partial charge on any atom is -0.356 e. The quantitative estimate of drug-likeness (QED) is 0.239. The molecule has 2 N–H and O–H groups in total. The predicted molar refractivity (Wildman–Crippen MR) is 136 cm³/mol. The van der Waals surface area contributed by atoms with Crippen molar-refractivity contribution in [1.82, 2.24) is 25.3 Å². The van der Waals surface area contributed by atoms with Crippen LogP contribution in [-0.4, -0.2) is 53.9 Å². The van der Waals surface area contributed by atoms with Crippen LogP contribution in [0.25, 0.3) is 0 Å². The van der Waals surface area contributed by atoms with E-state index in [9.17, 15) is 0 Å². The molecular weight excluding hydrogens is 487 g/mol. The van der Waals surface area contributed by atoms with Crippen LogP contribution < -0.4 is 10.6 Å². The minimum atomic E-state index is 0. The van der Waals surface area contributed by atoms with Gasteiger partial charge in [0.25, 0.3) is 0 Å². The van der Waals surface area contributed by atoms with Crippen LogP contribution in [0.4, 0.5) is 0 Å². The number of hydrogen-bond donors (Lipinski definition) is 2. The molecule has 6 nitrogen and oxygen atoms in total. The fourth-order valence-electron chi connectivity index (χ4n) is 4.05. The molecule has 7 heteroatoms. The smallest absolute Gasteiger partial charge is 0.191 e. The lowest BCUT2D eigenvalue weighted by Gasteiger charge is -2.29. The Hall–Kier alpha value is -1.61. The monoisotopic (exact) mass is 524 g/mol. The standard InChI is InChI=1S/C23H36N6.HI/c1-18-8-10-21(11-9-18)22(28-13-5-6-14-28)17-26-23(24-4)25-12-7-15-29-20(3)16-19(2)27-29;/h8-11,16,22H,5-7,12-15,17H2,1-4H3,(H2,24,25,26);1H. The number of likely N-dealkylation sites (tertiary alicyclic amines) is 1. The fourth-order valence-corrected chi connectivity index (χ4v) is 4.05. The summed E-state index contributed by atoms with van der Waals surface area (Å²) in [5.41, 5.74) is 4.99. The highest BCUT2D eigenvalue weighted by molar-refractivity contribution is 14.0. The molecule has 0 saturated carbocycles. The fraction of sp³-hybridized carbons (Fsp3) is 0.565. The Morgan fingerprint density at radius 2 is 1.80 bits per heavy atom. The Labute approximate surface area is 198 Å². The molecule has 0 amide bonds. The van der Waals surface area contributed by atoms with Gasteiger partial charge < -0.3 is 10.6 Å². The average molecular weight is 524 g/mol. The molecule has 1 atom stereocenters. The average Bonchev–Trinajstić information content (AvgIpc) is 3.34. The molecule has 166 valence electrons. The van der Waals surface area contributed by atoms with E-state index in [0.717, 1.165) is 37.7 Å². The van der Waals surface area contributed by atoms with E-state index in [4.69, 9.17) is 0 Å². The van der Waals surface area contributed by atoms with Crippen LogP contribution in [0.1, 0.15) is 47.8 Å². The second kappa shape index (κ2) is 12.3. The maximum atomic E-state index is 4.53. The Morgan fingerprint density at radius 1 is 1.10 bits per heavy atom. The molecule has 3 rings (SSSR count). The van der Waals surface area contributed by atoms with Crippen LogP contribution >= 0.6 is 24.0 Å². The first-order valence-corrected chi connectivity index (χ1v) is 10.8. The Balaban J connectivity index is 0.00000320. The largest absolute Gasteiger partial charge is 0.356 e. The molecule has 2 heterocycles. The molecule has 1 aromatic heterocycles. The number of aromatic nitrogens is 2. The molecule has 1 fully saturated rings. The summed E-state index contributed by atoms with van der Waals surface area (Å²) in [7, 11) is 1.84. The van der Waals surface area contributed by atoms with Crippen molar-refractivity contribution in [1.29, 1.82) is 0 Å². The summed E-state index contributed by atoms with van der Waals surface area (Å²) in [5, 5.41) is 11.5. The lowest BCUT2D eigenvalue weighted by molar-refractivity contribution is 0.245. The summed E-state index contributed by atoms with van der Waals surface area (Å²) >= 11 is 0. The van der Waals surface area contributed by atoms with Crippen molar-refractivity contribution < 1.29 is 0 Å². The van der Waals surface area contributed by atoms with Crippen molar-refractivity contribution in [2.75, 3.05) is 33.2 Å². The van der Waals surface area contributed by atoms with E-state index in [0.29, 0.717) is 6.04 Å². The van der Waals surface area contributed by atoms with Gasteiger partial charge in [0.05, 0.1) is 11.7 Å². The molecular formula is C23H37IN6. The van der Waals surface area contributed by atoms with Crippen molar-refractivity contribution in [3.8, 4) is 0 Å². The number of nitrogens with zero attached hydrogens (tertiary/aromatic N) is 4. The Morgan fingerprint density at radius 3 is 2.40 bits per heavy atom. The van der Waals surface area contributed by atoms with Crippen molar-refractivity contribution in [3.63, 3.8) is 0 Å². The molecule has 1 aliphatic rings. The number of nitrogens with one attached hydrogen (secondary N) is 2. The van der Waals surface area contributed by atoms with Crippen LogP contribution in [0.2, 0.25) is 0 Å². The summed E-state index contributed by atoms with van der Waals surface area (Å²) in [6.45, 7) is 11.3. The van der Waals surface area contributed by atoms with Crippen LogP contribution in [-0.2, 0) is 6.54 Å². The van der Waals surface area contributed by atoms with Gasteiger partial charge in [0.15, 0.2) is 5.96 Å². The zero-order chi connectivity index (χ0) is 20.6. The zero-order valence-electron chi connectivity index (χ0n) is 18.8. The summed E-state index contributed by atoms with van der Waals surface area (Å²) in [5.74, 6) is 0.870. The Kier molecular flexibility index (Phi) is 10.1. The zero-order valence-corrected chi connectivity index (χ0v) is 21.1. The van der Waals surface area contributed by atoms with Gasteiger partial charge in [-0.25, -0.2) is 0 Å². The molecule has 30 heavy (non-hydrogen) atoms. The predicted octanol–water partition coefficient (Wildman–Crippen LogP) is 3.82. The summed E-state index contributed by atoms with van der Waals surface area (Å²) in [6, 6.07) is 11.5. The maximum Gasteiger partial charge on any atom is 0.191 e. The number of aliphatic imine (C=N–C) groups is 1. The number of hydrogen-bond acceptors (Lipinski definition) is 3. The van der Waals surface area contributed by atoms with E-state index in [2.05, 4.69) is 74.5 Å². The number of guanidine groups is 1. The second-order valence-corrected chi connectivity index (χ2v) is 8.05. The maximum absolute atomic E-state index is 4.53. The third-order valence-electron chi connectivity index (χ3n) is 5.67. The molecule has 1 saturated heterocycles. The highest BCUT2D eigenvalue weighted by atomic mass is 127. The third-order valence-corrected chi connectivity index (χ3v) is 5.67. The van der Waals surface area contributed by atoms with E-state index < -0.39 is 0 Å². The minimum absolute atomic E-state index is 0. The first kappa shape index (κ1) is 24.7. The number of benzene rings is 1. The Bertz CT molecular complexity index is 793. The van der Waals surface area contributed by atoms with Crippen molar-refractivity contribution in [2.45, 2.75) is 52.6 Å². The first-order valence-electron chi connectivity index (χ1n) is 10.8. The first-order chi connectivity index (χ1) is 14.1. The van der Waals surface area contributed by atoms with E-state index >= 15 is 0 Å². The van der Waals surface area contributed by atoms with Gasteiger partial charge in [-0.15, -0.1) is 24.0 Å². The lowest BCUT2D eigenvalue weighted by Crippen LogP contribution is -2.43. The van der Waals surface area contributed by atoms with Crippen LogP contribution in [0.5, 0.6) is 0 Å². The van der Waals surface area contributed by atoms with Crippen molar-refractivity contribution in [2.24, 2.45) is 4.99 Å². The molecule has 0 radical (unpaired) electrons. The second-order valence-electron chi connectivity index (χ2n) is 8.05. The van der Waals surface area contributed by atoms with Gasteiger partial charge in [0.1, 0.15) is 0 Å². The normalized spacial score (nSPS) is 15.7. The van der Waals surface area contributed by atoms with Crippen molar-refractivity contribution in [3.05, 3.63) is 52.8 Å². The number of aryl methyl sites for hydroxylation is 4. The van der Waals surface area contributed by atoms with Gasteiger partial charge in [-0.2, -0.15) is 5.10 Å². The summed E-state index contributed by atoms with van der Waals surface area (Å²) < 4.78 is 2.08.